The van der Waals surface area contributed by atoms with Gasteiger partial charge in [0.15, 0.2) is 0 Å². The first-order valence-electron chi connectivity index (χ1n) is 6.53. The summed E-state index contributed by atoms with van der Waals surface area (Å²) >= 11 is 5.14. The van der Waals surface area contributed by atoms with Crippen LogP contribution in [0, 0.1) is 0 Å². The monoisotopic (exact) mass is 248 g/mol. The molecule has 0 aliphatic rings. The van der Waals surface area contributed by atoms with E-state index in [-0.39, 0.29) is 6.61 Å². The van der Waals surface area contributed by atoms with E-state index in [1.807, 2.05) is 0 Å². The molecule has 0 aromatic heterocycles. The van der Waals surface area contributed by atoms with Crippen LogP contribution in [0.2, 0.25) is 0 Å². The van der Waals surface area contributed by atoms with E-state index < -0.39 is 5.24 Å². The van der Waals surface area contributed by atoms with Gasteiger partial charge in [0.25, 0.3) is 0 Å². The fourth-order valence-electron chi connectivity index (χ4n) is 1.67. The number of rotatable bonds is 12. The Balaban J connectivity index is 2.90. The number of carbonyl (C=O) groups excluding carboxylic acids is 1. The predicted octanol–water partition coefficient (Wildman–Crippen LogP) is 4.30. The molecule has 0 spiro atoms. The highest BCUT2D eigenvalue weighted by Crippen LogP contribution is 2.09. The quantitative estimate of drug-likeness (QED) is 0.380. The van der Waals surface area contributed by atoms with E-state index in [0.29, 0.717) is 6.61 Å². The Kier molecular flexibility index (Phi) is 12.9. The van der Waals surface area contributed by atoms with Gasteiger partial charge in [-0.25, -0.2) is 0 Å². The Morgan fingerprint density at radius 3 is 1.94 bits per heavy atom. The topological polar surface area (TPSA) is 26.3 Å². The normalized spacial score (nSPS) is 10.6. The zero-order chi connectivity index (χ0) is 12.1. The molecule has 0 heterocycles. The molecule has 0 saturated heterocycles. The van der Waals surface area contributed by atoms with E-state index >= 15 is 0 Å². The molecule has 0 aliphatic carbocycles. The van der Waals surface area contributed by atoms with E-state index in [0.717, 1.165) is 6.42 Å². The minimum absolute atomic E-state index is 0.0541. The molecule has 0 fully saturated rings. The van der Waals surface area contributed by atoms with Crippen molar-refractivity contribution in [3.8, 4) is 0 Å². The highest BCUT2D eigenvalue weighted by atomic mass is 35.5. The molecule has 0 aliphatic heterocycles. The number of carbonyl (C=O) groups is 1. The van der Waals surface area contributed by atoms with Gasteiger partial charge in [-0.3, -0.25) is 4.79 Å². The summed E-state index contributed by atoms with van der Waals surface area (Å²) < 4.78 is 5.07. The highest BCUT2D eigenvalue weighted by Gasteiger charge is 1.95. The molecular formula is C13H25ClO2. The van der Waals surface area contributed by atoms with Crippen molar-refractivity contribution in [3.05, 3.63) is 0 Å². The zero-order valence-electron chi connectivity index (χ0n) is 10.5. The fourth-order valence-corrected chi connectivity index (χ4v) is 1.74. The second-order valence-corrected chi connectivity index (χ2v) is 4.66. The summed E-state index contributed by atoms with van der Waals surface area (Å²) in [7, 11) is 0. The molecule has 3 heteroatoms. The van der Waals surface area contributed by atoms with Crippen molar-refractivity contribution in [2.75, 3.05) is 13.2 Å². The van der Waals surface area contributed by atoms with Gasteiger partial charge in [-0.15, -0.1) is 0 Å². The van der Waals surface area contributed by atoms with Crippen LogP contribution in [0.25, 0.3) is 0 Å². The molecule has 0 radical (unpaired) electrons. The molecule has 0 N–H and O–H groups in total. The van der Waals surface area contributed by atoms with E-state index in [9.17, 15) is 4.79 Å². The summed E-state index contributed by atoms with van der Waals surface area (Å²) in [6.45, 7) is 2.96. The molecule has 0 atom stereocenters. The Hall–Kier alpha value is -0.0800. The summed E-state index contributed by atoms with van der Waals surface area (Å²) in [5.74, 6) is 0. The summed E-state index contributed by atoms with van der Waals surface area (Å²) in [6, 6.07) is 0. The molecule has 0 aromatic rings. The molecule has 0 unspecified atom stereocenters. The van der Waals surface area contributed by atoms with Crippen LogP contribution < -0.4 is 0 Å². The molecular weight excluding hydrogens is 224 g/mol. The molecule has 0 saturated carbocycles. The van der Waals surface area contributed by atoms with Gasteiger partial charge in [0.05, 0.1) is 0 Å². The summed E-state index contributed by atoms with van der Waals surface area (Å²) in [6.07, 6.45) is 11.7. The van der Waals surface area contributed by atoms with E-state index in [2.05, 4.69) is 6.92 Å². The third-order valence-electron chi connectivity index (χ3n) is 2.61. The Morgan fingerprint density at radius 1 is 0.938 bits per heavy atom. The van der Waals surface area contributed by atoms with Crippen LogP contribution in [0.3, 0.4) is 0 Å². The predicted molar refractivity (Wildman–Crippen MR) is 68.9 cm³/mol. The van der Waals surface area contributed by atoms with Crippen LogP contribution in [-0.4, -0.2) is 18.5 Å². The molecule has 0 rings (SSSR count). The maximum atomic E-state index is 10.3. The van der Waals surface area contributed by atoms with Crippen LogP contribution in [0.4, 0.5) is 0 Å². The first-order valence-corrected chi connectivity index (χ1v) is 6.91. The lowest BCUT2D eigenvalue weighted by atomic mass is 10.1. The number of hydrogen-bond donors (Lipinski definition) is 0. The smallest absolute Gasteiger partial charge is 0.247 e. The van der Waals surface area contributed by atoms with Gasteiger partial charge in [-0.05, 0) is 18.0 Å². The molecule has 0 bridgehead atoms. The van der Waals surface area contributed by atoms with Crippen molar-refractivity contribution in [2.45, 2.75) is 64.7 Å². The van der Waals surface area contributed by atoms with Gasteiger partial charge in [0, 0.05) is 6.61 Å². The third kappa shape index (κ3) is 13.9. The minimum atomic E-state index is -0.407. The lowest BCUT2D eigenvalue weighted by molar-refractivity contribution is -0.115. The lowest BCUT2D eigenvalue weighted by Gasteiger charge is -2.02. The first kappa shape index (κ1) is 15.9. The second-order valence-electron chi connectivity index (χ2n) is 4.24. The molecule has 16 heavy (non-hydrogen) atoms. The van der Waals surface area contributed by atoms with Crippen molar-refractivity contribution in [1.82, 2.24) is 0 Å². The highest BCUT2D eigenvalue weighted by molar-refractivity contribution is 6.63. The van der Waals surface area contributed by atoms with E-state index in [1.54, 1.807) is 0 Å². The summed E-state index contributed by atoms with van der Waals surface area (Å²) in [5.41, 5.74) is 0. The number of hydrogen-bond acceptors (Lipinski definition) is 2. The van der Waals surface area contributed by atoms with Crippen LogP contribution in [-0.2, 0) is 9.53 Å². The number of ether oxygens (including phenoxy) is 1. The van der Waals surface area contributed by atoms with Gasteiger partial charge in [0.1, 0.15) is 6.61 Å². The maximum Gasteiger partial charge on any atom is 0.247 e. The molecule has 2 nitrogen and oxygen atoms in total. The SMILES string of the molecule is CCCCCCCCCCCOCC(=O)Cl. The maximum absolute atomic E-state index is 10.3. The van der Waals surface area contributed by atoms with Crippen LogP contribution in [0.5, 0.6) is 0 Å². The van der Waals surface area contributed by atoms with Crippen LogP contribution in [0.15, 0.2) is 0 Å². The average molecular weight is 249 g/mol. The van der Waals surface area contributed by atoms with Gasteiger partial charge < -0.3 is 4.74 Å². The minimum Gasteiger partial charge on any atom is -0.372 e. The standard InChI is InChI=1S/C13H25ClO2/c1-2-3-4-5-6-7-8-9-10-11-16-12-13(14)15/h2-12H2,1H3. The molecule has 96 valence electrons. The fraction of sp³-hybridized carbons (Fsp3) is 0.923. The number of unbranched alkanes of at least 4 members (excludes halogenated alkanes) is 8. The van der Waals surface area contributed by atoms with Crippen molar-refractivity contribution in [2.24, 2.45) is 0 Å². The van der Waals surface area contributed by atoms with Crippen LogP contribution >= 0.6 is 11.6 Å². The molecule has 0 amide bonds. The van der Waals surface area contributed by atoms with E-state index in [1.165, 1.54) is 51.4 Å². The summed E-state index contributed by atoms with van der Waals surface area (Å²) in [4.78, 5) is 10.3. The van der Waals surface area contributed by atoms with Crippen molar-refractivity contribution < 1.29 is 9.53 Å². The van der Waals surface area contributed by atoms with Crippen LogP contribution in [0.1, 0.15) is 64.7 Å². The molecule has 0 aromatic carbocycles. The van der Waals surface area contributed by atoms with Crippen molar-refractivity contribution in [3.63, 3.8) is 0 Å². The summed E-state index contributed by atoms with van der Waals surface area (Å²) in [5, 5.41) is -0.407. The largest absolute Gasteiger partial charge is 0.372 e. The zero-order valence-corrected chi connectivity index (χ0v) is 11.2. The van der Waals surface area contributed by atoms with Gasteiger partial charge in [-0.2, -0.15) is 0 Å². The Morgan fingerprint density at radius 2 is 1.44 bits per heavy atom. The lowest BCUT2D eigenvalue weighted by Crippen LogP contribution is -2.02. The van der Waals surface area contributed by atoms with Crippen molar-refractivity contribution in [1.29, 1.82) is 0 Å². The van der Waals surface area contributed by atoms with Gasteiger partial charge in [0.2, 0.25) is 5.24 Å². The third-order valence-corrected chi connectivity index (χ3v) is 2.72. The van der Waals surface area contributed by atoms with E-state index in [4.69, 9.17) is 16.3 Å². The Bertz CT molecular complexity index is 160. The van der Waals surface area contributed by atoms with Crippen molar-refractivity contribution >= 4 is 16.8 Å². The Labute approximate surface area is 105 Å². The number of halogens is 1. The average Bonchev–Trinajstić information content (AvgIpc) is 2.25. The van der Waals surface area contributed by atoms with Gasteiger partial charge in [-0.1, -0.05) is 58.3 Å². The van der Waals surface area contributed by atoms with Gasteiger partial charge >= 0.3 is 0 Å². The first-order chi connectivity index (χ1) is 7.77. The second kappa shape index (κ2) is 13.0.